The SMILES string of the molecule is CCOC(=O)N[C@H]1[C@@H]2CC[C@@H](C2)[C@@H]1CC=O. The number of rotatable bonds is 4. The van der Waals surface area contributed by atoms with Crippen LogP contribution in [0.4, 0.5) is 4.79 Å². The van der Waals surface area contributed by atoms with Crippen LogP contribution in [-0.4, -0.2) is 25.0 Å². The molecule has 0 aromatic rings. The molecule has 2 aliphatic carbocycles. The van der Waals surface area contributed by atoms with Crippen LogP contribution in [0.1, 0.15) is 32.6 Å². The maximum atomic E-state index is 11.4. The molecule has 4 heteroatoms. The van der Waals surface area contributed by atoms with E-state index in [1.165, 1.54) is 12.8 Å². The number of fused-ring (bicyclic) bond motifs is 2. The highest BCUT2D eigenvalue weighted by molar-refractivity contribution is 5.68. The van der Waals surface area contributed by atoms with Crippen LogP contribution < -0.4 is 5.32 Å². The number of aldehydes is 1. The number of hydrogen-bond acceptors (Lipinski definition) is 3. The average molecular weight is 225 g/mol. The molecule has 2 saturated carbocycles. The van der Waals surface area contributed by atoms with Crippen molar-refractivity contribution in [3.63, 3.8) is 0 Å². The largest absolute Gasteiger partial charge is 0.450 e. The molecule has 2 fully saturated rings. The fourth-order valence-corrected chi connectivity index (χ4v) is 3.39. The molecule has 0 aromatic heterocycles. The van der Waals surface area contributed by atoms with Crippen LogP contribution in [0.25, 0.3) is 0 Å². The van der Waals surface area contributed by atoms with Crippen molar-refractivity contribution in [1.29, 1.82) is 0 Å². The second kappa shape index (κ2) is 4.85. The van der Waals surface area contributed by atoms with Crippen molar-refractivity contribution in [2.45, 2.75) is 38.6 Å². The van der Waals surface area contributed by atoms with E-state index in [9.17, 15) is 9.59 Å². The normalized spacial score (nSPS) is 36.1. The van der Waals surface area contributed by atoms with Crippen LogP contribution in [0.5, 0.6) is 0 Å². The highest BCUT2D eigenvalue weighted by atomic mass is 16.5. The number of amides is 1. The smallest absolute Gasteiger partial charge is 0.407 e. The summed E-state index contributed by atoms with van der Waals surface area (Å²) in [6.45, 7) is 2.19. The number of ether oxygens (including phenoxy) is 1. The van der Waals surface area contributed by atoms with Gasteiger partial charge in [-0.2, -0.15) is 0 Å². The van der Waals surface area contributed by atoms with Crippen molar-refractivity contribution >= 4 is 12.4 Å². The Balaban J connectivity index is 1.95. The Bertz CT molecular complexity index is 279. The molecule has 1 amide bonds. The van der Waals surface area contributed by atoms with Crippen molar-refractivity contribution in [3.05, 3.63) is 0 Å². The Labute approximate surface area is 95.7 Å². The Morgan fingerprint density at radius 1 is 1.44 bits per heavy atom. The van der Waals surface area contributed by atoms with Crippen LogP contribution in [-0.2, 0) is 9.53 Å². The standard InChI is InChI=1S/C12H19NO3/c1-2-16-12(15)13-11-9-4-3-8(7-9)10(11)5-6-14/h6,8-11H,2-5,7H2,1H3,(H,13,15)/t8-,9+,10-,11-/m0/s1. The lowest BCUT2D eigenvalue weighted by Crippen LogP contribution is -2.44. The maximum absolute atomic E-state index is 11.4. The molecular weight excluding hydrogens is 206 g/mol. The van der Waals surface area contributed by atoms with E-state index in [-0.39, 0.29) is 12.1 Å². The van der Waals surface area contributed by atoms with Gasteiger partial charge in [0, 0.05) is 12.5 Å². The number of nitrogens with one attached hydrogen (secondary N) is 1. The summed E-state index contributed by atoms with van der Waals surface area (Å²) in [7, 11) is 0. The maximum Gasteiger partial charge on any atom is 0.407 e. The van der Waals surface area contributed by atoms with Crippen molar-refractivity contribution < 1.29 is 14.3 Å². The van der Waals surface area contributed by atoms with Crippen LogP contribution in [0.3, 0.4) is 0 Å². The lowest BCUT2D eigenvalue weighted by Gasteiger charge is -2.30. The molecule has 0 spiro atoms. The van der Waals surface area contributed by atoms with Gasteiger partial charge in [-0.3, -0.25) is 0 Å². The van der Waals surface area contributed by atoms with Crippen LogP contribution >= 0.6 is 0 Å². The molecule has 2 aliphatic rings. The van der Waals surface area contributed by atoms with Gasteiger partial charge < -0.3 is 14.8 Å². The molecule has 4 nitrogen and oxygen atoms in total. The first-order chi connectivity index (χ1) is 7.76. The van der Waals surface area contributed by atoms with E-state index in [1.807, 2.05) is 0 Å². The number of hydrogen-bond donors (Lipinski definition) is 1. The lowest BCUT2D eigenvalue weighted by atomic mass is 9.83. The van der Waals surface area contributed by atoms with Crippen molar-refractivity contribution in [2.75, 3.05) is 6.61 Å². The summed E-state index contributed by atoms with van der Waals surface area (Å²) >= 11 is 0. The predicted molar refractivity (Wildman–Crippen MR) is 58.9 cm³/mol. The molecule has 0 radical (unpaired) electrons. The van der Waals surface area contributed by atoms with Gasteiger partial charge in [-0.1, -0.05) is 0 Å². The summed E-state index contributed by atoms with van der Waals surface area (Å²) in [5, 5.41) is 2.93. The molecular formula is C12H19NO3. The zero-order chi connectivity index (χ0) is 11.5. The molecule has 90 valence electrons. The Hall–Kier alpha value is -1.06. The molecule has 1 N–H and O–H groups in total. The molecule has 0 aromatic carbocycles. The highest BCUT2D eigenvalue weighted by Gasteiger charge is 2.47. The second-order valence-corrected chi connectivity index (χ2v) is 4.79. The minimum absolute atomic E-state index is 0.156. The van der Waals surface area contributed by atoms with E-state index in [1.54, 1.807) is 6.92 Å². The number of alkyl carbamates (subject to hydrolysis) is 1. The van der Waals surface area contributed by atoms with Crippen molar-refractivity contribution in [2.24, 2.45) is 17.8 Å². The molecule has 0 heterocycles. The first-order valence-electron chi connectivity index (χ1n) is 6.13. The van der Waals surface area contributed by atoms with Gasteiger partial charge in [0.1, 0.15) is 6.29 Å². The fourth-order valence-electron chi connectivity index (χ4n) is 3.39. The third-order valence-corrected chi connectivity index (χ3v) is 4.02. The van der Waals surface area contributed by atoms with Gasteiger partial charge in [0.15, 0.2) is 0 Å². The minimum Gasteiger partial charge on any atom is -0.450 e. The monoisotopic (exact) mass is 225 g/mol. The van der Waals surface area contributed by atoms with Gasteiger partial charge in [0.25, 0.3) is 0 Å². The van der Waals surface area contributed by atoms with Crippen molar-refractivity contribution in [3.8, 4) is 0 Å². The summed E-state index contributed by atoms with van der Waals surface area (Å²) in [6, 6.07) is 0.156. The molecule has 16 heavy (non-hydrogen) atoms. The summed E-state index contributed by atoms with van der Waals surface area (Å²) in [6.07, 6.45) is 4.76. The Morgan fingerprint density at radius 2 is 2.19 bits per heavy atom. The lowest BCUT2D eigenvalue weighted by molar-refractivity contribution is -0.109. The molecule has 2 bridgehead atoms. The molecule has 0 unspecified atom stereocenters. The van der Waals surface area contributed by atoms with E-state index < -0.39 is 0 Å². The summed E-state index contributed by atoms with van der Waals surface area (Å²) < 4.78 is 4.90. The predicted octanol–water partition coefficient (Wildman–Crippen LogP) is 1.74. The van der Waals surface area contributed by atoms with Crippen LogP contribution in [0, 0.1) is 17.8 Å². The minimum atomic E-state index is -0.337. The van der Waals surface area contributed by atoms with Gasteiger partial charge in [-0.25, -0.2) is 4.79 Å². The summed E-state index contributed by atoms with van der Waals surface area (Å²) in [5.74, 6) is 1.52. The number of carbonyl (C=O) groups excluding carboxylic acids is 2. The van der Waals surface area contributed by atoms with E-state index in [0.29, 0.717) is 30.8 Å². The topological polar surface area (TPSA) is 55.4 Å². The first kappa shape index (κ1) is 11.4. The van der Waals surface area contributed by atoms with Crippen molar-refractivity contribution in [1.82, 2.24) is 5.32 Å². The number of carbonyl (C=O) groups is 2. The molecule has 0 saturated heterocycles. The quantitative estimate of drug-likeness (QED) is 0.741. The fraction of sp³-hybridized carbons (Fsp3) is 0.833. The van der Waals surface area contributed by atoms with Gasteiger partial charge in [0.2, 0.25) is 0 Å². The Morgan fingerprint density at radius 3 is 2.88 bits per heavy atom. The van der Waals surface area contributed by atoms with Gasteiger partial charge >= 0.3 is 6.09 Å². The first-order valence-corrected chi connectivity index (χ1v) is 6.13. The van der Waals surface area contributed by atoms with Crippen LogP contribution in [0.15, 0.2) is 0 Å². The zero-order valence-electron chi connectivity index (χ0n) is 9.65. The van der Waals surface area contributed by atoms with E-state index in [0.717, 1.165) is 12.7 Å². The molecule has 0 aliphatic heterocycles. The zero-order valence-corrected chi connectivity index (χ0v) is 9.65. The highest BCUT2D eigenvalue weighted by Crippen LogP contribution is 2.49. The van der Waals surface area contributed by atoms with E-state index in [2.05, 4.69) is 5.32 Å². The van der Waals surface area contributed by atoms with Gasteiger partial charge in [-0.05, 0) is 43.9 Å². The van der Waals surface area contributed by atoms with E-state index >= 15 is 0 Å². The molecule has 4 atom stereocenters. The molecule has 2 rings (SSSR count). The van der Waals surface area contributed by atoms with E-state index in [4.69, 9.17) is 4.74 Å². The van der Waals surface area contributed by atoms with Gasteiger partial charge in [-0.15, -0.1) is 0 Å². The third kappa shape index (κ3) is 2.06. The van der Waals surface area contributed by atoms with Crippen LogP contribution in [0.2, 0.25) is 0 Å². The van der Waals surface area contributed by atoms with Gasteiger partial charge in [0.05, 0.1) is 6.61 Å². The summed E-state index contributed by atoms with van der Waals surface area (Å²) in [4.78, 5) is 22.1. The third-order valence-electron chi connectivity index (χ3n) is 4.02. The second-order valence-electron chi connectivity index (χ2n) is 4.79. The Kier molecular flexibility index (Phi) is 3.46. The summed E-state index contributed by atoms with van der Waals surface area (Å²) in [5.41, 5.74) is 0. The average Bonchev–Trinajstić information content (AvgIpc) is 2.82.